The predicted octanol–water partition coefficient (Wildman–Crippen LogP) is 2.32. The van der Waals surface area contributed by atoms with Crippen LogP contribution in [0, 0.1) is 0 Å². The highest BCUT2D eigenvalue weighted by molar-refractivity contribution is 6.17. The second-order valence-electron chi connectivity index (χ2n) is 2.46. The summed E-state index contributed by atoms with van der Waals surface area (Å²) in [7, 11) is 0. The second kappa shape index (κ2) is 6.75. The average Bonchev–Trinajstić information content (AvgIpc) is 2.19. The Hall–Kier alpha value is -0.730. The lowest BCUT2D eigenvalue weighted by Gasteiger charge is -2.05. The van der Waals surface area contributed by atoms with Gasteiger partial charge in [0.25, 0.3) is 0 Å². The van der Waals surface area contributed by atoms with Crippen molar-refractivity contribution in [2.75, 3.05) is 25.7 Å². The van der Waals surface area contributed by atoms with Gasteiger partial charge in [0, 0.05) is 5.88 Å². The van der Waals surface area contributed by atoms with Crippen LogP contribution in [0.2, 0.25) is 0 Å². The highest BCUT2D eigenvalue weighted by atomic mass is 35.5. The molecule has 0 amide bonds. The molecule has 0 unspecified atom stereocenters. The van der Waals surface area contributed by atoms with E-state index in [1.807, 2.05) is 30.3 Å². The maximum absolute atomic E-state index is 5.43. The average molecular weight is 201 g/mol. The van der Waals surface area contributed by atoms with Crippen molar-refractivity contribution in [2.45, 2.75) is 0 Å². The Bertz CT molecular complexity index is 213. The third kappa shape index (κ3) is 4.76. The Morgan fingerprint density at radius 2 is 1.77 bits per heavy atom. The standard InChI is InChI=1S/C10H13ClO2/c11-6-7-12-8-9-13-10-4-2-1-3-5-10/h1-5H,6-9H2. The van der Waals surface area contributed by atoms with E-state index >= 15 is 0 Å². The minimum Gasteiger partial charge on any atom is -0.491 e. The highest BCUT2D eigenvalue weighted by Crippen LogP contribution is 2.07. The molecule has 1 aromatic rings. The van der Waals surface area contributed by atoms with Gasteiger partial charge < -0.3 is 9.47 Å². The SMILES string of the molecule is ClCCOCCOc1ccccc1. The van der Waals surface area contributed by atoms with Crippen LogP contribution in [0.1, 0.15) is 0 Å². The van der Waals surface area contributed by atoms with Crippen molar-refractivity contribution in [2.24, 2.45) is 0 Å². The van der Waals surface area contributed by atoms with Gasteiger partial charge in [0.2, 0.25) is 0 Å². The molecule has 0 saturated heterocycles. The van der Waals surface area contributed by atoms with Crippen molar-refractivity contribution in [3.63, 3.8) is 0 Å². The minimum atomic E-state index is 0.533. The summed E-state index contributed by atoms with van der Waals surface area (Å²) in [6.45, 7) is 1.74. The molecule has 0 aliphatic heterocycles. The first-order valence-corrected chi connectivity index (χ1v) is 4.78. The zero-order valence-corrected chi connectivity index (χ0v) is 8.17. The third-order valence-electron chi connectivity index (χ3n) is 1.46. The van der Waals surface area contributed by atoms with Crippen LogP contribution < -0.4 is 4.74 Å². The van der Waals surface area contributed by atoms with Crippen LogP contribution in [0.25, 0.3) is 0 Å². The number of hydrogen-bond acceptors (Lipinski definition) is 2. The maximum Gasteiger partial charge on any atom is 0.119 e. The topological polar surface area (TPSA) is 18.5 Å². The summed E-state index contributed by atoms with van der Waals surface area (Å²) < 4.78 is 10.5. The van der Waals surface area contributed by atoms with Crippen LogP contribution in [0.4, 0.5) is 0 Å². The third-order valence-corrected chi connectivity index (χ3v) is 1.62. The maximum atomic E-state index is 5.43. The van der Waals surface area contributed by atoms with E-state index in [9.17, 15) is 0 Å². The van der Waals surface area contributed by atoms with E-state index in [0.717, 1.165) is 5.75 Å². The molecule has 0 atom stereocenters. The molecule has 0 aliphatic carbocycles. The van der Waals surface area contributed by atoms with Crippen LogP contribution in [0.5, 0.6) is 5.75 Å². The van der Waals surface area contributed by atoms with E-state index < -0.39 is 0 Å². The van der Waals surface area contributed by atoms with Crippen molar-refractivity contribution in [3.8, 4) is 5.75 Å². The normalized spacial score (nSPS) is 9.92. The molecular formula is C10H13ClO2. The number of rotatable bonds is 6. The van der Waals surface area contributed by atoms with Gasteiger partial charge in [0.15, 0.2) is 0 Å². The van der Waals surface area contributed by atoms with Gasteiger partial charge in [-0.2, -0.15) is 0 Å². The van der Waals surface area contributed by atoms with E-state index in [2.05, 4.69) is 0 Å². The van der Waals surface area contributed by atoms with E-state index in [4.69, 9.17) is 21.1 Å². The lowest BCUT2D eigenvalue weighted by molar-refractivity contribution is 0.111. The fourth-order valence-electron chi connectivity index (χ4n) is 0.892. The minimum absolute atomic E-state index is 0.533. The zero-order valence-electron chi connectivity index (χ0n) is 7.41. The van der Waals surface area contributed by atoms with Crippen LogP contribution in [-0.2, 0) is 4.74 Å². The van der Waals surface area contributed by atoms with Gasteiger partial charge >= 0.3 is 0 Å². The van der Waals surface area contributed by atoms with Crippen LogP contribution in [0.3, 0.4) is 0 Å². The molecular weight excluding hydrogens is 188 g/mol. The molecule has 72 valence electrons. The molecule has 0 aromatic heterocycles. The van der Waals surface area contributed by atoms with Gasteiger partial charge in [0.1, 0.15) is 12.4 Å². The van der Waals surface area contributed by atoms with Crippen LogP contribution in [-0.4, -0.2) is 25.7 Å². The quantitative estimate of drug-likeness (QED) is 0.518. The summed E-state index contributed by atoms with van der Waals surface area (Å²) in [5.74, 6) is 1.41. The first kappa shape index (κ1) is 10.4. The van der Waals surface area contributed by atoms with Gasteiger partial charge in [-0.25, -0.2) is 0 Å². The van der Waals surface area contributed by atoms with Crippen molar-refractivity contribution in [3.05, 3.63) is 30.3 Å². The zero-order chi connectivity index (χ0) is 9.36. The lowest BCUT2D eigenvalue weighted by atomic mass is 10.3. The monoisotopic (exact) mass is 200 g/mol. The van der Waals surface area contributed by atoms with Crippen molar-refractivity contribution < 1.29 is 9.47 Å². The highest BCUT2D eigenvalue weighted by Gasteiger charge is 1.90. The molecule has 0 spiro atoms. The molecule has 0 bridgehead atoms. The summed E-state index contributed by atoms with van der Waals surface area (Å²) in [5, 5.41) is 0. The largest absolute Gasteiger partial charge is 0.491 e. The number of para-hydroxylation sites is 1. The number of benzene rings is 1. The molecule has 1 aromatic carbocycles. The molecule has 0 heterocycles. The fourth-order valence-corrected chi connectivity index (χ4v) is 1.00. The Labute approximate surface area is 83.4 Å². The van der Waals surface area contributed by atoms with E-state index in [-0.39, 0.29) is 0 Å². The van der Waals surface area contributed by atoms with E-state index in [1.165, 1.54) is 0 Å². The summed E-state index contributed by atoms with van der Waals surface area (Å²) in [6.07, 6.45) is 0. The first-order valence-electron chi connectivity index (χ1n) is 4.25. The molecule has 3 heteroatoms. The van der Waals surface area contributed by atoms with Gasteiger partial charge in [-0.15, -0.1) is 11.6 Å². The van der Waals surface area contributed by atoms with Crippen molar-refractivity contribution in [1.29, 1.82) is 0 Å². The molecule has 0 fully saturated rings. The lowest BCUT2D eigenvalue weighted by Crippen LogP contribution is -2.07. The Morgan fingerprint density at radius 1 is 1.00 bits per heavy atom. The van der Waals surface area contributed by atoms with Crippen LogP contribution >= 0.6 is 11.6 Å². The molecule has 0 saturated carbocycles. The van der Waals surface area contributed by atoms with Gasteiger partial charge in [0.05, 0.1) is 13.2 Å². The number of ether oxygens (including phenoxy) is 2. The molecule has 2 nitrogen and oxygen atoms in total. The summed E-state index contributed by atoms with van der Waals surface area (Å²) in [4.78, 5) is 0. The smallest absolute Gasteiger partial charge is 0.119 e. The summed E-state index contributed by atoms with van der Waals surface area (Å²) >= 11 is 5.43. The molecule has 0 radical (unpaired) electrons. The molecule has 1 rings (SSSR count). The molecule has 0 N–H and O–H groups in total. The van der Waals surface area contributed by atoms with Gasteiger partial charge in [-0.05, 0) is 12.1 Å². The fraction of sp³-hybridized carbons (Fsp3) is 0.400. The Morgan fingerprint density at radius 3 is 2.46 bits per heavy atom. The summed E-state index contributed by atoms with van der Waals surface area (Å²) in [6, 6.07) is 9.67. The number of hydrogen-bond donors (Lipinski definition) is 0. The van der Waals surface area contributed by atoms with Crippen molar-refractivity contribution >= 4 is 11.6 Å². The van der Waals surface area contributed by atoms with Crippen molar-refractivity contribution in [1.82, 2.24) is 0 Å². The second-order valence-corrected chi connectivity index (χ2v) is 2.84. The van der Waals surface area contributed by atoms with E-state index in [0.29, 0.717) is 25.7 Å². The molecule has 0 aliphatic rings. The van der Waals surface area contributed by atoms with Gasteiger partial charge in [-0.1, -0.05) is 18.2 Å². The van der Waals surface area contributed by atoms with Crippen LogP contribution in [0.15, 0.2) is 30.3 Å². The number of alkyl halides is 1. The first-order chi connectivity index (χ1) is 6.43. The Balaban J connectivity index is 2.07. The number of halogens is 1. The predicted molar refractivity (Wildman–Crippen MR) is 53.5 cm³/mol. The molecule has 13 heavy (non-hydrogen) atoms. The van der Waals surface area contributed by atoms with Gasteiger partial charge in [-0.3, -0.25) is 0 Å². The van der Waals surface area contributed by atoms with E-state index in [1.54, 1.807) is 0 Å². The Kier molecular flexibility index (Phi) is 5.38. The summed E-state index contributed by atoms with van der Waals surface area (Å²) in [5.41, 5.74) is 0.